The van der Waals surface area contributed by atoms with E-state index < -0.39 is 28.8 Å². The van der Waals surface area contributed by atoms with Crippen LogP contribution in [0.5, 0.6) is 0 Å². The van der Waals surface area contributed by atoms with Crippen molar-refractivity contribution in [3.05, 3.63) is 58.7 Å². The van der Waals surface area contributed by atoms with Gasteiger partial charge in [-0.15, -0.1) is 0 Å². The normalized spacial score (nSPS) is 18.4. The van der Waals surface area contributed by atoms with Crippen molar-refractivity contribution >= 4 is 0 Å². The lowest BCUT2D eigenvalue weighted by Crippen LogP contribution is -2.13. The van der Waals surface area contributed by atoms with Gasteiger partial charge in [0.05, 0.1) is 5.56 Å². The molecule has 4 heteroatoms. The maximum Gasteiger partial charge on any atom is 0.169 e. The SMILES string of the molecule is CCCCCCCCCCC[C@H]1CC[C@H](c2ccc(-c3c(F)cc(C)c(F)c3F)c(F)c2)CC1. The number of rotatable bonds is 12. The fourth-order valence-electron chi connectivity index (χ4n) is 5.48. The highest BCUT2D eigenvalue weighted by Gasteiger charge is 2.25. The summed E-state index contributed by atoms with van der Waals surface area (Å²) in [6, 6.07) is 5.45. The van der Waals surface area contributed by atoms with Crippen molar-refractivity contribution in [1.29, 1.82) is 0 Å². The molecule has 1 fully saturated rings. The molecule has 1 saturated carbocycles. The third-order valence-electron chi connectivity index (χ3n) is 7.64. The molecule has 0 bridgehead atoms. The van der Waals surface area contributed by atoms with Gasteiger partial charge < -0.3 is 0 Å². The van der Waals surface area contributed by atoms with Gasteiger partial charge in [-0.1, -0.05) is 83.3 Å². The van der Waals surface area contributed by atoms with E-state index in [1.54, 1.807) is 6.07 Å². The molecular weight excluding hydrogens is 436 g/mol. The number of hydrogen-bond acceptors (Lipinski definition) is 0. The summed E-state index contributed by atoms with van der Waals surface area (Å²) in [5.74, 6) is -3.09. The molecule has 0 nitrogen and oxygen atoms in total. The zero-order chi connectivity index (χ0) is 24.5. The average Bonchev–Trinajstić information content (AvgIpc) is 2.83. The zero-order valence-electron chi connectivity index (χ0n) is 20.9. The third-order valence-corrected chi connectivity index (χ3v) is 7.64. The van der Waals surface area contributed by atoms with E-state index in [0.717, 1.165) is 43.2 Å². The Hall–Kier alpha value is -1.84. The van der Waals surface area contributed by atoms with E-state index in [0.29, 0.717) is 0 Å². The maximum atomic E-state index is 14.9. The van der Waals surface area contributed by atoms with Crippen molar-refractivity contribution in [3.63, 3.8) is 0 Å². The molecule has 0 heterocycles. The fraction of sp³-hybridized carbons (Fsp3) is 0.600. The van der Waals surface area contributed by atoms with Crippen LogP contribution in [-0.4, -0.2) is 0 Å². The van der Waals surface area contributed by atoms with Crippen LogP contribution >= 0.6 is 0 Å². The molecular formula is C30H40F4. The van der Waals surface area contributed by atoms with E-state index in [2.05, 4.69) is 6.92 Å². The smallest absolute Gasteiger partial charge is 0.169 e. The second-order valence-corrected chi connectivity index (χ2v) is 10.3. The van der Waals surface area contributed by atoms with Crippen LogP contribution in [0.2, 0.25) is 0 Å². The second kappa shape index (κ2) is 13.3. The van der Waals surface area contributed by atoms with Crippen LogP contribution in [0, 0.1) is 36.1 Å². The molecule has 2 aromatic carbocycles. The van der Waals surface area contributed by atoms with E-state index in [1.807, 2.05) is 0 Å². The predicted octanol–water partition coefficient (Wildman–Crippen LogP) is 10.4. The monoisotopic (exact) mass is 476 g/mol. The van der Waals surface area contributed by atoms with Gasteiger partial charge in [-0.2, -0.15) is 0 Å². The summed E-state index contributed by atoms with van der Waals surface area (Å²) in [7, 11) is 0. The first-order valence-electron chi connectivity index (χ1n) is 13.4. The number of halogens is 4. The lowest BCUT2D eigenvalue weighted by Gasteiger charge is -2.29. The second-order valence-electron chi connectivity index (χ2n) is 10.3. The van der Waals surface area contributed by atoms with E-state index in [1.165, 1.54) is 83.3 Å². The Morgan fingerprint density at radius 1 is 0.706 bits per heavy atom. The summed E-state index contributed by atoms with van der Waals surface area (Å²) >= 11 is 0. The van der Waals surface area contributed by atoms with Crippen molar-refractivity contribution < 1.29 is 17.6 Å². The molecule has 0 radical (unpaired) electrons. The van der Waals surface area contributed by atoms with Crippen LogP contribution < -0.4 is 0 Å². The summed E-state index contributed by atoms with van der Waals surface area (Å²) in [4.78, 5) is 0. The highest BCUT2D eigenvalue weighted by molar-refractivity contribution is 5.66. The minimum absolute atomic E-state index is 0.130. The van der Waals surface area contributed by atoms with Crippen molar-refractivity contribution in [2.24, 2.45) is 5.92 Å². The molecule has 0 N–H and O–H groups in total. The van der Waals surface area contributed by atoms with Gasteiger partial charge in [0.15, 0.2) is 11.6 Å². The lowest BCUT2D eigenvalue weighted by atomic mass is 9.77. The molecule has 3 rings (SSSR count). The Bertz CT molecular complexity index is 913. The van der Waals surface area contributed by atoms with Gasteiger partial charge in [-0.25, -0.2) is 17.6 Å². The Balaban J connectivity index is 1.46. The van der Waals surface area contributed by atoms with Crippen LogP contribution in [0.4, 0.5) is 17.6 Å². The molecule has 0 atom stereocenters. The highest BCUT2D eigenvalue weighted by atomic mass is 19.2. The molecule has 1 aliphatic carbocycles. The van der Waals surface area contributed by atoms with E-state index in [9.17, 15) is 17.6 Å². The van der Waals surface area contributed by atoms with Crippen molar-refractivity contribution in [2.75, 3.05) is 0 Å². The van der Waals surface area contributed by atoms with Crippen LogP contribution in [0.3, 0.4) is 0 Å². The molecule has 34 heavy (non-hydrogen) atoms. The molecule has 0 spiro atoms. The van der Waals surface area contributed by atoms with Gasteiger partial charge in [0.25, 0.3) is 0 Å². The van der Waals surface area contributed by atoms with Crippen molar-refractivity contribution in [3.8, 4) is 11.1 Å². The summed E-state index contributed by atoms with van der Waals surface area (Å²) in [5, 5.41) is 0. The third kappa shape index (κ3) is 7.09. The number of hydrogen-bond donors (Lipinski definition) is 0. The topological polar surface area (TPSA) is 0 Å². The van der Waals surface area contributed by atoms with E-state index in [4.69, 9.17) is 0 Å². The summed E-state index contributed by atoms with van der Waals surface area (Å²) in [5.41, 5.74) is -0.111. The molecule has 2 aromatic rings. The highest BCUT2D eigenvalue weighted by Crippen LogP contribution is 2.39. The first kappa shape index (κ1) is 26.8. The first-order chi connectivity index (χ1) is 16.4. The summed E-state index contributed by atoms with van der Waals surface area (Å²) in [6.45, 7) is 3.54. The minimum Gasteiger partial charge on any atom is -0.206 e. The average molecular weight is 477 g/mol. The van der Waals surface area contributed by atoms with Gasteiger partial charge in [-0.3, -0.25) is 0 Å². The van der Waals surface area contributed by atoms with Crippen LogP contribution in [-0.2, 0) is 0 Å². The predicted molar refractivity (Wildman–Crippen MR) is 133 cm³/mol. The van der Waals surface area contributed by atoms with Gasteiger partial charge in [0.1, 0.15) is 11.6 Å². The van der Waals surface area contributed by atoms with Crippen LogP contribution in [0.1, 0.15) is 114 Å². The summed E-state index contributed by atoms with van der Waals surface area (Å²) < 4.78 is 57.5. The van der Waals surface area contributed by atoms with Crippen molar-refractivity contribution in [1.82, 2.24) is 0 Å². The first-order valence-corrected chi connectivity index (χ1v) is 13.4. The van der Waals surface area contributed by atoms with Crippen LogP contribution in [0.15, 0.2) is 24.3 Å². The number of aryl methyl sites for hydroxylation is 1. The lowest BCUT2D eigenvalue weighted by molar-refractivity contribution is 0.301. The van der Waals surface area contributed by atoms with E-state index in [-0.39, 0.29) is 17.0 Å². The molecule has 1 aliphatic rings. The molecule has 0 aromatic heterocycles. The number of benzene rings is 2. The largest absolute Gasteiger partial charge is 0.206 e. The Morgan fingerprint density at radius 3 is 1.94 bits per heavy atom. The molecule has 0 saturated heterocycles. The number of unbranched alkanes of at least 4 members (excludes halogenated alkanes) is 8. The zero-order valence-corrected chi connectivity index (χ0v) is 20.9. The Labute approximate surface area is 203 Å². The molecule has 188 valence electrons. The van der Waals surface area contributed by atoms with Gasteiger partial charge in [0, 0.05) is 5.56 Å². The van der Waals surface area contributed by atoms with Gasteiger partial charge >= 0.3 is 0 Å². The maximum absolute atomic E-state index is 14.9. The van der Waals surface area contributed by atoms with Gasteiger partial charge in [0.2, 0.25) is 0 Å². The molecule has 0 amide bonds. The van der Waals surface area contributed by atoms with Crippen molar-refractivity contribution in [2.45, 2.75) is 110 Å². The molecule has 0 aliphatic heterocycles. The fourth-order valence-corrected chi connectivity index (χ4v) is 5.48. The van der Waals surface area contributed by atoms with E-state index >= 15 is 0 Å². The Morgan fingerprint density at radius 2 is 1.32 bits per heavy atom. The summed E-state index contributed by atoms with van der Waals surface area (Å²) in [6.07, 6.45) is 17.8. The minimum atomic E-state index is -1.33. The van der Waals surface area contributed by atoms with Crippen LogP contribution in [0.25, 0.3) is 11.1 Å². The van der Waals surface area contributed by atoms with Gasteiger partial charge in [-0.05, 0) is 67.7 Å². The molecule has 0 unspecified atom stereocenters. The standard InChI is InChI=1S/C30H40F4/c1-3-4-5-6-7-8-9-10-11-12-22-13-15-23(16-14-22)24-17-18-25(26(31)20-24)28-27(32)19-21(2)29(33)30(28)34/h17-20,22-23H,3-16H2,1-2H3/t22-,23-. The quantitative estimate of drug-likeness (QED) is 0.162. The Kier molecular flexibility index (Phi) is 10.5.